The third-order valence-corrected chi connectivity index (χ3v) is 3.24. The molecule has 2 aromatic heterocycles. The number of hydrogen-bond donors (Lipinski definition) is 1. The Hall–Kier alpha value is -2.30. The SMILES string of the molecule is C=CC.CC.NC(=O)c1cnn2ccc(N3CCCC3)cc12. The molecule has 1 aliphatic rings. The van der Waals surface area contributed by atoms with Gasteiger partial charge in [-0.25, -0.2) is 4.52 Å². The molecule has 2 N–H and O–H groups in total. The van der Waals surface area contributed by atoms with Crippen molar-refractivity contribution in [3.8, 4) is 0 Å². The maximum atomic E-state index is 11.3. The third-order valence-electron chi connectivity index (χ3n) is 3.24. The number of aromatic nitrogens is 2. The number of pyridine rings is 1. The van der Waals surface area contributed by atoms with Crippen molar-refractivity contribution in [1.29, 1.82) is 0 Å². The number of amides is 1. The highest BCUT2D eigenvalue weighted by Crippen LogP contribution is 2.22. The van der Waals surface area contributed by atoms with Crippen LogP contribution in [0.2, 0.25) is 0 Å². The van der Waals surface area contributed by atoms with Crippen LogP contribution in [-0.2, 0) is 0 Å². The fraction of sp³-hybridized carbons (Fsp3) is 0.412. The molecule has 0 aliphatic carbocycles. The average molecular weight is 302 g/mol. The molecule has 0 aromatic carbocycles. The molecule has 1 fully saturated rings. The highest BCUT2D eigenvalue weighted by molar-refractivity contribution is 5.99. The van der Waals surface area contributed by atoms with E-state index in [0.717, 1.165) is 24.3 Å². The predicted molar refractivity (Wildman–Crippen MR) is 92.4 cm³/mol. The van der Waals surface area contributed by atoms with Crippen molar-refractivity contribution in [3.63, 3.8) is 0 Å². The van der Waals surface area contributed by atoms with Crippen LogP contribution >= 0.6 is 0 Å². The van der Waals surface area contributed by atoms with Crippen molar-refractivity contribution < 1.29 is 4.79 Å². The van der Waals surface area contributed by atoms with Crippen molar-refractivity contribution in [1.82, 2.24) is 9.61 Å². The summed E-state index contributed by atoms with van der Waals surface area (Å²) in [6.45, 7) is 11.4. The number of nitrogens with two attached hydrogens (primary N) is 1. The molecule has 120 valence electrons. The van der Waals surface area contributed by atoms with Crippen molar-refractivity contribution in [2.45, 2.75) is 33.6 Å². The molecular formula is C17H26N4O. The lowest BCUT2D eigenvalue weighted by Gasteiger charge is -2.17. The summed E-state index contributed by atoms with van der Waals surface area (Å²) in [5, 5.41) is 4.10. The van der Waals surface area contributed by atoms with Crippen molar-refractivity contribution in [2.24, 2.45) is 5.73 Å². The van der Waals surface area contributed by atoms with Crippen LogP contribution in [-0.4, -0.2) is 28.6 Å². The van der Waals surface area contributed by atoms with Crippen LogP contribution in [0.1, 0.15) is 44.0 Å². The van der Waals surface area contributed by atoms with Gasteiger partial charge < -0.3 is 10.6 Å². The van der Waals surface area contributed by atoms with Gasteiger partial charge in [0.25, 0.3) is 5.91 Å². The molecule has 1 amide bonds. The molecule has 1 saturated heterocycles. The van der Waals surface area contributed by atoms with E-state index in [1.165, 1.54) is 19.0 Å². The van der Waals surface area contributed by atoms with E-state index in [4.69, 9.17) is 5.73 Å². The summed E-state index contributed by atoms with van der Waals surface area (Å²) < 4.78 is 1.68. The van der Waals surface area contributed by atoms with Crippen LogP contribution in [0, 0.1) is 0 Å². The number of fused-ring (bicyclic) bond motifs is 1. The Balaban J connectivity index is 0.000000435. The molecule has 0 saturated carbocycles. The third kappa shape index (κ3) is 4.10. The minimum absolute atomic E-state index is 0.432. The molecule has 3 rings (SSSR count). The Morgan fingerprint density at radius 3 is 2.50 bits per heavy atom. The minimum atomic E-state index is -0.432. The predicted octanol–water partition coefficient (Wildman–Crippen LogP) is 3.25. The highest BCUT2D eigenvalue weighted by atomic mass is 16.1. The molecule has 2 aromatic rings. The summed E-state index contributed by atoms with van der Waals surface area (Å²) in [5.74, 6) is -0.432. The second-order valence-corrected chi connectivity index (χ2v) is 4.74. The molecule has 0 atom stereocenters. The molecule has 22 heavy (non-hydrogen) atoms. The van der Waals surface area contributed by atoms with E-state index >= 15 is 0 Å². The van der Waals surface area contributed by atoms with Crippen molar-refractivity contribution in [2.75, 3.05) is 18.0 Å². The standard InChI is InChI=1S/C12H14N4O.C3H6.C2H6/c13-12(17)10-8-14-16-6-3-9(7-11(10)16)15-4-1-2-5-15;1-3-2;1-2/h3,6-8H,1-2,4-5H2,(H2,13,17);3H,1H2,2H3;1-2H3. The van der Waals surface area contributed by atoms with Crippen molar-refractivity contribution >= 4 is 17.1 Å². The topological polar surface area (TPSA) is 63.6 Å². The van der Waals surface area contributed by atoms with Crippen LogP contribution in [0.15, 0.2) is 37.2 Å². The zero-order valence-electron chi connectivity index (χ0n) is 13.7. The van der Waals surface area contributed by atoms with E-state index in [-0.39, 0.29) is 0 Å². The van der Waals surface area contributed by atoms with Crippen molar-refractivity contribution in [3.05, 3.63) is 42.7 Å². The second kappa shape index (κ2) is 8.87. The molecular weight excluding hydrogens is 276 g/mol. The van der Waals surface area contributed by atoms with Gasteiger partial charge in [0.2, 0.25) is 0 Å². The first-order valence-corrected chi connectivity index (χ1v) is 7.76. The molecule has 0 spiro atoms. The summed E-state index contributed by atoms with van der Waals surface area (Å²) >= 11 is 0. The van der Waals surface area contributed by atoms with Crippen LogP contribution in [0.3, 0.4) is 0 Å². The molecule has 1 aliphatic heterocycles. The first kappa shape index (κ1) is 17.8. The van der Waals surface area contributed by atoms with Gasteiger partial charge in [0.05, 0.1) is 17.3 Å². The van der Waals surface area contributed by atoms with Gasteiger partial charge in [0.1, 0.15) is 0 Å². The smallest absolute Gasteiger partial charge is 0.252 e. The van der Waals surface area contributed by atoms with Gasteiger partial charge in [0.15, 0.2) is 0 Å². The molecule has 0 radical (unpaired) electrons. The van der Waals surface area contributed by atoms with Gasteiger partial charge in [-0.1, -0.05) is 19.9 Å². The minimum Gasteiger partial charge on any atom is -0.371 e. The maximum absolute atomic E-state index is 11.3. The van der Waals surface area contributed by atoms with Crippen LogP contribution < -0.4 is 10.6 Å². The average Bonchev–Trinajstić information content (AvgIpc) is 3.19. The van der Waals surface area contributed by atoms with E-state index in [0.29, 0.717) is 5.56 Å². The van der Waals surface area contributed by atoms with Gasteiger partial charge >= 0.3 is 0 Å². The Morgan fingerprint density at radius 1 is 1.36 bits per heavy atom. The Labute approximate surface area is 132 Å². The lowest BCUT2D eigenvalue weighted by Crippen LogP contribution is -2.17. The van der Waals surface area contributed by atoms with E-state index in [2.05, 4.69) is 16.6 Å². The molecule has 0 unspecified atom stereocenters. The summed E-state index contributed by atoms with van der Waals surface area (Å²) in [6, 6.07) is 4.01. The maximum Gasteiger partial charge on any atom is 0.252 e. The van der Waals surface area contributed by atoms with Gasteiger partial charge in [0, 0.05) is 25.0 Å². The van der Waals surface area contributed by atoms with E-state index < -0.39 is 5.91 Å². The number of allylic oxidation sites excluding steroid dienone is 1. The van der Waals surface area contributed by atoms with Gasteiger partial charge in [-0.15, -0.1) is 6.58 Å². The molecule has 5 heteroatoms. The van der Waals surface area contributed by atoms with Gasteiger partial charge in [-0.05, 0) is 31.9 Å². The summed E-state index contributed by atoms with van der Waals surface area (Å²) in [7, 11) is 0. The number of nitrogens with zero attached hydrogens (tertiary/aromatic N) is 3. The number of carbonyl (C=O) groups excluding carboxylic acids is 1. The second-order valence-electron chi connectivity index (χ2n) is 4.74. The van der Waals surface area contributed by atoms with Gasteiger partial charge in [-0.3, -0.25) is 4.79 Å². The molecule has 0 bridgehead atoms. The monoisotopic (exact) mass is 302 g/mol. The summed E-state index contributed by atoms with van der Waals surface area (Å²) in [4.78, 5) is 13.6. The first-order valence-electron chi connectivity index (χ1n) is 7.76. The lowest BCUT2D eigenvalue weighted by molar-refractivity contribution is 0.100. The highest BCUT2D eigenvalue weighted by Gasteiger charge is 2.15. The number of hydrogen-bond acceptors (Lipinski definition) is 3. The normalized spacial score (nSPS) is 13.0. The van der Waals surface area contributed by atoms with E-state index in [1.54, 1.807) is 10.6 Å². The number of carbonyl (C=O) groups is 1. The number of primary amides is 1. The number of anilines is 1. The zero-order chi connectivity index (χ0) is 16.5. The van der Waals surface area contributed by atoms with E-state index in [1.807, 2.05) is 39.1 Å². The summed E-state index contributed by atoms with van der Waals surface area (Å²) in [6.07, 6.45) is 7.60. The molecule has 5 nitrogen and oxygen atoms in total. The lowest BCUT2D eigenvalue weighted by atomic mass is 10.2. The quantitative estimate of drug-likeness (QED) is 0.866. The Kier molecular flexibility index (Phi) is 7.16. The number of rotatable bonds is 2. The zero-order valence-corrected chi connectivity index (χ0v) is 13.7. The van der Waals surface area contributed by atoms with E-state index in [9.17, 15) is 4.79 Å². The van der Waals surface area contributed by atoms with Crippen LogP contribution in [0.5, 0.6) is 0 Å². The van der Waals surface area contributed by atoms with Crippen LogP contribution in [0.25, 0.3) is 5.52 Å². The fourth-order valence-corrected chi connectivity index (χ4v) is 2.33. The largest absolute Gasteiger partial charge is 0.371 e. The van der Waals surface area contributed by atoms with Crippen LogP contribution in [0.4, 0.5) is 5.69 Å². The fourth-order valence-electron chi connectivity index (χ4n) is 2.33. The Morgan fingerprint density at radius 2 is 1.95 bits per heavy atom. The Bertz CT molecular complexity index is 612. The molecule has 3 heterocycles. The van der Waals surface area contributed by atoms with Gasteiger partial charge in [-0.2, -0.15) is 5.10 Å². The summed E-state index contributed by atoms with van der Waals surface area (Å²) in [5.41, 5.74) is 7.72. The first-order chi connectivity index (χ1) is 10.7.